The minimum atomic E-state index is -1.32. The van der Waals surface area contributed by atoms with Crippen LogP contribution in [0.5, 0.6) is 0 Å². The van der Waals surface area contributed by atoms with Crippen LogP contribution >= 0.6 is 0 Å². The van der Waals surface area contributed by atoms with Gasteiger partial charge in [0.2, 0.25) is 0 Å². The van der Waals surface area contributed by atoms with Gasteiger partial charge < -0.3 is 15.3 Å². The van der Waals surface area contributed by atoms with Crippen molar-refractivity contribution >= 4 is 28.5 Å². The molecule has 1 aromatic rings. The van der Waals surface area contributed by atoms with Gasteiger partial charge in [-0.25, -0.2) is 14.0 Å². The summed E-state index contributed by atoms with van der Waals surface area (Å²) in [5.41, 5.74) is -0.269. The van der Waals surface area contributed by atoms with Crippen LogP contribution in [0.2, 0.25) is 0 Å². The highest BCUT2D eigenvalue weighted by atomic mass is 32.2. The molecule has 0 aromatic heterocycles. The van der Waals surface area contributed by atoms with Crippen molar-refractivity contribution in [1.29, 1.82) is 0 Å². The third kappa shape index (κ3) is 3.32. The Morgan fingerprint density at radius 1 is 1.30 bits per heavy atom. The number of amides is 2. The van der Waals surface area contributed by atoms with Crippen LogP contribution in [-0.2, 0) is 10.8 Å². The van der Waals surface area contributed by atoms with Crippen molar-refractivity contribution in [3.63, 3.8) is 0 Å². The van der Waals surface area contributed by atoms with E-state index in [0.717, 1.165) is 12.1 Å². The number of hydrogen-bond acceptors (Lipinski definition) is 3. The van der Waals surface area contributed by atoms with E-state index < -0.39 is 28.6 Å². The number of anilines is 1. The van der Waals surface area contributed by atoms with Crippen molar-refractivity contribution in [3.8, 4) is 0 Å². The molecule has 0 spiro atoms. The molecule has 8 heteroatoms. The summed E-state index contributed by atoms with van der Waals surface area (Å²) in [7, 11) is -0.904. The van der Waals surface area contributed by atoms with Crippen LogP contribution in [0.3, 0.4) is 0 Å². The van der Waals surface area contributed by atoms with Gasteiger partial charge in [0.1, 0.15) is 5.82 Å². The van der Waals surface area contributed by atoms with Crippen LogP contribution < -0.4 is 5.32 Å². The summed E-state index contributed by atoms with van der Waals surface area (Å²) in [4.78, 5) is 24.4. The molecule has 2 amide bonds. The molecule has 2 N–H and O–H groups in total. The molecule has 6 nitrogen and oxygen atoms in total. The molecule has 1 aliphatic heterocycles. The molecular formula is C12H13FN2O4S. The second kappa shape index (κ2) is 6.00. The minimum absolute atomic E-state index is 0.0376. The smallest absolute Gasteiger partial charge is 0.337 e. The summed E-state index contributed by atoms with van der Waals surface area (Å²) < 4.78 is 24.2. The summed E-state index contributed by atoms with van der Waals surface area (Å²) in [5.74, 6) is -1.20. The lowest BCUT2D eigenvalue weighted by Crippen LogP contribution is -2.44. The number of carboxylic acid groups (broad SMARTS) is 1. The third-order valence-electron chi connectivity index (χ3n) is 2.92. The summed E-state index contributed by atoms with van der Waals surface area (Å²) in [6.45, 7) is 0.698. The summed E-state index contributed by atoms with van der Waals surface area (Å²) in [6.07, 6.45) is 0. The first-order valence-electron chi connectivity index (χ1n) is 5.91. The Morgan fingerprint density at radius 2 is 1.95 bits per heavy atom. The van der Waals surface area contributed by atoms with Crippen LogP contribution in [0.15, 0.2) is 18.2 Å². The molecule has 1 aliphatic rings. The number of aromatic carboxylic acids is 1. The van der Waals surface area contributed by atoms with Crippen LogP contribution in [0.4, 0.5) is 14.9 Å². The number of carbonyl (C=O) groups is 2. The lowest BCUT2D eigenvalue weighted by Gasteiger charge is -2.26. The van der Waals surface area contributed by atoms with Crippen molar-refractivity contribution in [2.75, 3.05) is 29.9 Å². The quantitative estimate of drug-likeness (QED) is 0.857. The first-order chi connectivity index (χ1) is 9.47. The van der Waals surface area contributed by atoms with E-state index in [1.807, 2.05) is 0 Å². The topological polar surface area (TPSA) is 86.7 Å². The van der Waals surface area contributed by atoms with Gasteiger partial charge in [0, 0.05) is 35.4 Å². The number of halogens is 1. The molecule has 2 rings (SSSR count). The number of urea groups is 1. The Balaban J connectivity index is 2.11. The van der Waals surface area contributed by atoms with Gasteiger partial charge in [0.15, 0.2) is 0 Å². The van der Waals surface area contributed by atoms with Gasteiger partial charge in [-0.15, -0.1) is 0 Å². The predicted molar refractivity (Wildman–Crippen MR) is 71.8 cm³/mol. The lowest BCUT2D eigenvalue weighted by atomic mass is 10.1. The molecule has 0 radical (unpaired) electrons. The summed E-state index contributed by atoms with van der Waals surface area (Å²) in [5, 5.41) is 11.4. The molecule has 1 aromatic carbocycles. The van der Waals surface area contributed by atoms with Gasteiger partial charge in [-0.1, -0.05) is 0 Å². The third-order valence-corrected chi connectivity index (χ3v) is 4.19. The number of benzene rings is 1. The lowest BCUT2D eigenvalue weighted by molar-refractivity contribution is 0.0697. The molecule has 1 fully saturated rings. The number of rotatable bonds is 2. The van der Waals surface area contributed by atoms with E-state index >= 15 is 0 Å². The zero-order valence-corrected chi connectivity index (χ0v) is 11.3. The average Bonchev–Trinajstić information content (AvgIpc) is 2.41. The van der Waals surface area contributed by atoms with Crippen molar-refractivity contribution in [1.82, 2.24) is 4.90 Å². The molecule has 0 atom stereocenters. The van der Waals surface area contributed by atoms with E-state index in [4.69, 9.17) is 5.11 Å². The van der Waals surface area contributed by atoms with Gasteiger partial charge in [-0.05, 0) is 18.2 Å². The number of carboxylic acids is 1. The van der Waals surface area contributed by atoms with E-state index in [1.165, 1.54) is 11.0 Å². The monoisotopic (exact) mass is 300 g/mol. The Kier molecular flexibility index (Phi) is 4.33. The molecule has 1 saturated heterocycles. The minimum Gasteiger partial charge on any atom is -0.478 e. The second-order valence-electron chi connectivity index (χ2n) is 4.26. The fourth-order valence-electron chi connectivity index (χ4n) is 1.84. The number of nitrogens with zero attached hydrogens (tertiary/aromatic N) is 1. The van der Waals surface area contributed by atoms with Gasteiger partial charge in [-0.3, -0.25) is 4.21 Å². The van der Waals surface area contributed by atoms with Crippen molar-refractivity contribution in [2.24, 2.45) is 0 Å². The number of hydrogen-bond donors (Lipinski definition) is 2. The highest BCUT2D eigenvalue weighted by Gasteiger charge is 2.21. The van der Waals surface area contributed by atoms with Gasteiger partial charge in [0.05, 0.1) is 11.3 Å². The maximum atomic E-state index is 13.0. The Morgan fingerprint density at radius 3 is 2.55 bits per heavy atom. The number of carbonyl (C=O) groups excluding carboxylic acids is 1. The first-order valence-corrected chi connectivity index (χ1v) is 7.40. The molecule has 1 heterocycles. The molecule has 0 bridgehead atoms. The van der Waals surface area contributed by atoms with Crippen molar-refractivity contribution in [3.05, 3.63) is 29.6 Å². The van der Waals surface area contributed by atoms with Gasteiger partial charge in [-0.2, -0.15) is 0 Å². The molecule has 0 saturated carbocycles. The average molecular weight is 300 g/mol. The second-order valence-corrected chi connectivity index (χ2v) is 5.96. The normalized spacial score (nSPS) is 15.9. The fraction of sp³-hybridized carbons (Fsp3) is 0.333. The SMILES string of the molecule is O=C(O)c1cc(F)ccc1NC(=O)N1CCS(=O)CC1. The van der Waals surface area contributed by atoms with Crippen LogP contribution in [-0.4, -0.2) is 50.8 Å². The van der Waals surface area contributed by atoms with Crippen LogP contribution in [0.1, 0.15) is 10.4 Å². The van der Waals surface area contributed by atoms with E-state index in [2.05, 4.69) is 5.32 Å². The number of nitrogens with one attached hydrogen (secondary N) is 1. The largest absolute Gasteiger partial charge is 0.478 e. The maximum absolute atomic E-state index is 13.0. The van der Waals surface area contributed by atoms with Gasteiger partial charge in [0.25, 0.3) is 0 Å². The highest BCUT2D eigenvalue weighted by molar-refractivity contribution is 7.85. The zero-order chi connectivity index (χ0) is 14.7. The van der Waals surface area contributed by atoms with E-state index in [1.54, 1.807) is 0 Å². The molecule has 0 unspecified atom stereocenters. The van der Waals surface area contributed by atoms with Crippen LogP contribution in [0.25, 0.3) is 0 Å². The zero-order valence-electron chi connectivity index (χ0n) is 10.5. The van der Waals surface area contributed by atoms with Crippen molar-refractivity contribution in [2.45, 2.75) is 0 Å². The predicted octanol–water partition coefficient (Wildman–Crippen LogP) is 1.12. The fourth-order valence-corrected chi connectivity index (χ4v) is 2.89. The Bertz CT molecular complexity index is 569. The van der Waals surface area contributed by atoms with Gasteiger partial charge >= 0.3 is 12.0 Å². The van der Waals surface area contributed by atoms with E-state index in [0.29, 0.717) is 24.6 Å². The molecule has 20 heavy (non-hydrogen) atoms. The standard InChI is InChI=1S/C12H13FN2O4S/c13-8-1-2-10(9(7-8)11(16)17)14-12(18)15-3-5-20(19)6-4-15/h1-2,7H,3-6H2,(H,14,18)(H,16,17). The van der Waals surface area contributed by atoms with E-state index in [9.17, 15) is 18.2 Å². The molecular weight excluding hydrogens is 287 g/mol. The maximum Gasteiger partial charge on any atom is 0.337 e. The Hall–Kier alpha value is -1.96. The molecule has 108 valence electrons. The van der Waals surface area contributed by atoms with Crippen molar-refractivity contribution < 1.29 is 23.3 Å². The van der Waals surface area contributed by atoms with Crippen LogP contribution in [0, 0.1) is 5.82 Å². The molecule has 0 aliphatic carbocycles. The Labute approximate surface area is 117 Å². The highest BCUT2D eigenvalue weighted by Crippen LogP contribution is 2.18. The van der Waals surface area contributed by atoms with E-state index in [-0.39, 0.29) is 11.3 Å². The summed E-state index contributed by atoms with van der Waals surface area (Å²) in [6, 6.07) is 2.66. The summed E-state index contributed by atoms with van der Waals surface area (Å²) >= 11 is 0. The first kappa shape index (κ1) is 14.4.